The molecule has 1 aliphatic rings. The average Bonchev–Trinajstić information content (AvgIpc) is 3.22. The van der Waals surface area contributed by atoms with Crippen molar-refractivity contribution in [1.82, 2.24) is 5.32 Å². The minimum absolute atomic E-state index is 0.0451. The van der Waals surface area contributed by atoms with Crippen molar-refractivity contribution in [3.05, 3.63) is 77.4 Å². The molecular weight excluding hydrogens is 520 g/mol. The number of aliphatic hydroxyl groups is 1. The normalized spacial score (nSPS) is 17.5. The summed E-state index contributed by atoms with van der Waals surface area (Å²) in [6.07, 6.45) is -0.139. The van der Waals surface area contributed by atoms with Crippen LogP contribution < -0.4 is 14.4 Å². The first-order valence-corrected chi connectivity index (χ1v) is 14.4. The van der Waals surface area contributed by atoms with Crippen molar-refractivity contribution >= 4 is 32.6 Å². The van der Waals surface area contributed by atoms with Crippen LogP contribution in [0.15, 0.2) is 65.1 Å². The number of rotatable bonds is 6. The van der Waals surface area contributed by atoms with E-state index in [1.807, 2.05) is 31.2 Å². The molecule has 5 rings (SSSR count). The van der Waals surface area contributed by atoms with E-state index in [4.69, 9.17) is 13.9 Å². The van der Waals surface area contributed by atoms with Crippen molar-refractivity contribution in [2.45, 2.75) is 26.1 Å². The first kappa shape index (κ1) is 26.7. The number of hydrogen-bond donors (Lipinski definition) is 2. The molecule has 0 spiro atoms. The highest BCUT2D eigenvalue weighted by molar-refractivity contribution is 7.92. The lowest BCUT2D eigenvalue weighted by atomic mass is 10.0. The molecule has 0 radical (unpaired) electrons. The fraction of sp³-hybridized carbons (Fsp3) is 0.276. The quantitative estimate of drug-likeness (QED) is 0.355. The molecule has 2 N–H and O–H groups in total. The van der Waals surface area contributed by atoms with Crippen LogP contribution in [0.1, 0.15) is 34.5 Å². The third kappa shape index (κ3) is 5.23. The fourth-order valence-corrected chi connectivity index (χ4v) is 5.72. The van der Waals surface area contributed by atoms with Gasteiger partial charge in [0.25, 0.3) is 5.91 Å². The number of furan rings is 1. The Bertz CT molecular complexity index is 1630. The van der Waals surface area contributed by atoms with E-state index in [0.29, 0.717) is 50.6 Å². The molecule has 10 heteroatoms. The van der Waals surface area contributed by atoms with E-state index in [1.165, 1.54) is 11.4 Å². The van der Waals surface area contributed by atoms with Gasteiger partial charge in [-0.05, 0) is 56.3 Å². The van der Waals surface area contributed by atoms with Crippen LogP contribution in [0.2, 0.25) is 0 Å². The minimum Gasteiger partial charge on any atom is -0.457 e. The molecule has 0 fully saturated rings. The maximum atomic E-state index is 13.1. The van der Waals surface area contributed by atoms with Gasteiger partial charge in [0.2, 0.25) is 10.0 Å². The van der Waals surface area contributed by atoms with Crippen LogP contribution in [0.4, 0.5) is 5.69 Å². The van der Waals surface area contributed by atoms with Gasteiger partial charge in [0.05, 0.1) is 42.9 Å². The average molecular weight is 551 g/mol. The topological polar surface area (TPSA) is 118 Å². The number of anilines is 1. The van der Waals surface area contributed by atoms with Crippen LogP contribution in [-0.4, -0.2) is 52.0 Å². The lowest BCUT2D eigenvalue weighted by Gasteiger charge is -2.24. The summed E-state index contributed by atoms with van der Waals surface area (Å²) in [5.41, 5.74) is 3.42. The molecule has 204 valence electrons. The van der Waals surface area contributed by atoms with Gasteiger partial charge in [0.1, 0.15) is 22.8 Å². The molecule has 0 saturated carbocycles. The molecule has 3 aromatic carbocycles. The zero-order valence-corrected chi connectivity index (χ0v) is 22.9. The standard InChI is InChI=1S/C29H30N2O7S/c1-17-5-9-20(10-6-17)37-21-11-7-19(8-12-21)28-27(29(33)30-3)24-13-23-18(2)36-22(16-32)15-31(39(4,34)35)25(23)14-26(24)38-28/h5-14,18,22,32H,15-16H2,1-4H3,(H,30,33)/t18-,22-/m0/s1. The predicted molar refractivity (Wildman–Crippen MR) is 149 cm³/mol. The highest BCUT2D eigenvalue weighted by Crippen LogP contribution is 2.42. The summed E-state index contributed by atoms with van der Waals surface area (Å²) in [5.74, 6) is 1.33. The Morgan fingerprint density at radius 2 is 1.74 bits per heavy atom. The number of sulfonamides is 1. The molecule has 0 aliphatic carbocycles. The number of carbonyl (C=O) groups is 1. The summed E-state index contributed by atoms with van der Waals surface area (Å²) < 4.78 is 44.7. The molecule has 1 aliphatic heterocycles. The lowest BCUT2D eigenvalue weighted by molar-refractivity contribution is -0.0227. The predicted octanol–water partition coefficient (Wildman–Crippen LogP) is 4.78. The van der Waals surface area contributed by atoms with E-state index in [9.17, 15) is 18.3 Å². The van der Waals surface area contributed by atoms with Gasteiger partial charge in [-0.3, -0.25) is 9.10 Å². The molecule has 2 atom stereocenters. The van der Waals surface area contributed by atoms with Crippen LogP contribution in [-0.2, 0) is 14.8 Å². The second-order valence-electron chi connectivity index (χ2n) is 9.61. The Morgan fingerprint density at radius 3 is 2.33 bits per heavy atom. The lowest BCUT2D eigenvalue weighted by Crippen LogP contribution is -2.38. The van der Waals surface area contributed by atoms with E-state index in [0.717, 1.165) is 11.8 Å². The van der Waals surface area contributed by atoms with Gasteiger partial charge < -0.3 is 24.3 Å². The number of amides is 1. The number of nitrogens with zero attached hydrogens (tertiary/aromatic N) is 1. The number of aryl methyl sites for hydroxylation is 1. The van der Waals surface area contributed by atoms with Crippen molar-refractivity contribution in [1.29, 1.82) is 0 Å². The number of aliphatic hydroxyl groups excluding tert-OH is 1. The third-order valence-electron chi connectivity index (χ3n) is 6.74. The van der Waals surface area contributed by atoms with Crippen LogP contribution in [0, 0.1) is 6.92 Å². The monoisotopic (exact) mass is 550 g/mol. The van der Waals surface area contributed by atoms with Crippen molar-refractivity contribution in [2.24, 2.45) is 0 Å². The maximum absolute atomic E-state index is 13.1. The summed E-state index contributed by atoms with van der Waals surface area (Å²) in [7, 11) is -2.16. The Hall–Kier alpha value is -3.86. The molecule has 39 heavy (non-hydrogen) atoms. The van der Waals surface area contributed by atoms with Crippen molar-refractivity contribution < 1.29 is 32.2 Å². The number of ether oxygens (including phenoxy) is 2. The molecule has 1 amide bonds. The molecule has 0 bridgehead atoms. The summed E-state index contributed by atoms with van der Waals surface area (Å²) in [6, 6.07) is 18.3. The maximum Gasteiger partial charge on any atom is 0.255 e. The third-order valence-corrected chi connectivity index (χ3v) is 7.89. The molecule has 0 unspecified atom stereocenters. The van der Waals surface area contributed by atoms with Crippen molar-refractivity contribution in [3.8, 4) is 22.8 Å². The summed E-state index contributed by atoms with van der Waals surface area (Å²) in [5, 5.41) is 12.9. The van der Waals surface area contributed by atoms with Crippen molar-refractivity contribution in [3.63, 3.8) is 0 Å². The summed E-state index contributed by atoms with van der Waals surface area (Å²) in [6.45, 7) is 3.41. The zero-order chi connectivity index (χ0) is 27.9. The smallest absolute Gasteiger partial charge is 0.255 e. The number of carbonyl (C=O) groups excluding carboxylic acids is 1. The first-order chi connectivity index (χ1) is 18.6. The number of benzene rings is 3. The zero-order valence-electron chi connectivity index (χ0n) is 22.1. The fourth-order valence-electron chi connectivity index (χ4n) is 4.76. The highest BCUT2D eigenvalue weighted by atomic mass is 32.2. The summed E-state index contributed by atoms with van der Waals surface area (Å²) in [4.78, 5) is 13.1. The van der Waals surface area contributed by atoms with E-state index in [1.54, 1.807) is 43.3 Å². The Balaban J connectivity index is 1.61. The molecular formula is C29H30N2O7S. The van der Waals surface area contributed by atoms with Crippen molar-refractivity contribution in [2.75, 3.05) is 30.8 Å². The molecule has 1 aromatic heterocycles. The second kappa shape index (κ2) is 10.4. The van der Waals surface area contributed by atoms with Gasteiger partial charge in [-0.25, -0.2) is 8.42 Å². The van der Waals surface area contributed by atoms with E-state index < -0.39 is 22.2 Å². The Kier molecular flexibility index (Phi) is 7.11. The molecule has 0 saturated heterocycles. The first-order valence-electron chi connectivity index (χ1n) is 12.5. The minimum atomic E-state index is -3.70. The molecule has 4 aromatic rings. The van der Waals surface area contributed by atoms with E-state index in [2.05, 4.69) is 5.32 Å². The summed E-state index contributed by atoms with van der Waals surface area (Å²) >= 11 is 0. The Morgan fingerprint density at radius 1 is 1.10 bits per heavy atom. The Labute approximate surface area is 227 Å². The largest absolute Gasteiger partial charge is 0.457 e. The number of fused-ring (bicyclic) bond motifs is 2. The van der Waals surface area contributed by atoms with Gasteiger partial charge in [0.15, 0.2) is 0 Å². The van der Waals surface area contributed by atoms with Crippen LogP contribution in [0.25, 0.3) is 22.3 Å². The molecule has 9 nitrogen and oxygen atoms in total. The second-order valence-corrected chi connectivity index (χ2v) is 11.5. The van der Waals surface area contributed by atoms with Gasteiger partial charge in [-0.15, -0.1) is 0 Å². The number of nitrogens with one attached hydrogen (secondary N) is 1. The SMILES string of the molecule is CNC(=O)c1c(-c2ccc(Oc3ccc(C)cc3)cc2)oc2cc3c(cc12)[C@H](C)O[C@H](CO)CN3S(C)(=O)=O. The number of hydrogen-bond acceptors (Lipinski definition) is 7. The van der Waals surface area contributed by atoms with Gasteiger partial charge in [-0.1, -0.05) is 17.7 Å². The highest BCUT2D eigenvalue weighted by Gasteiger charge is 2.33. The van der Waals surface area contributed by atoms with Crippen LogP contribution in [0.5, 0.6) is 11.5 Å². The van der Waals surface area contributed by atoms with E-state index >= 15 is 0 Å². The van der Waals surface area contributed by atoms with Crippen LogP contribution in [0.3, 0.4) is 0 Å². The molecule has 2 heterocycles. The van der Waals surface area contributed by atoms with Gasteiger partial charge in [-0.2, -0.15) is 0 Å². The van der Waals surface area contributed by atoms with Gasteiger partial charge in [0, 0.05) is 29.6 Å². The van der Waals surface area contributed by atoms with Gasteiger partial charge >= 0.3 is 0 Å². The van der Waals surface area contributed by atoms with Crippen LogP contribution >= 0.6 is 0 Å². The van der Waals surface area contributed by atoms with E-state index in [-0.39, 0.29) is 19.1 Å².